The topological polar surface area (TPSA) is 6.48 Å². The van der Waals surface area contributed by atoms with Crippen molar-refractivity contribution in [1.29, 1.82) is 0 Å². The Hall–Kier alpha value is -9.59. The van der Waals surface area contributed by atoms with Crippen LogP contribution in [0.5, 0.6) is 0 Å². The van der Waals surface area contributed by atoms with Crippen LogP contribution in [0.3, 0.4) is 0 Å². The molecule has 0 atom stereocenters. The molecular formula is C80H66N2Si2. The third kappa shape index (κ3) is 9.38. The molecule has 84 heavy (non-hydrogen) atoms. The van der Waals surface area contributed by atoms with Crippen LogP contribution in [-0.2, 0) is 0 Å². The highest BCUT2D eigenvalue weighted by Crippen LogP contribution is 2.49. The number of hydrogen-bond acceptors (Lipinski definition) is 2. The second kappa shape index (κ2) is 21.3. The molecular weight excluding hydrogens is 1050 g/mol. The van der Waals surface area contributed by atoms with Gasteiger partial charge in [-0.2, -0.15) is 0 Å². The van der Waals surface area contributed by atoms with Gasteiger partial charge in [-0.1, -0.05) is 280 Å². The minimum atomic E-state index is -1.43. The lowest BCUT2D eigenvalue weighted by Crippen LogP contribution is -2.37. The molecule has 0 fully saturated rings. The maximum atomic E-state index is 2.43. The smallest absolute Gasteiger partial charge is 0.0775 e. The lowest BCUT2D eigenvalue weighted by atomic mass is 9.84. The van der Waals surface area contributed by atoms with Crippen LogP contribution >= 0.6 is 0 Å². The minimum Gasteiger partial charge on any atom is -0.310 e. The van der Waals surface area contributed by atoms with Crippen LogP contribution < -0.4 is 20.2 Å². The molecule has 0 aromatic heterocycles. The fourth-order valence-electron chi connectivity index (χ4n) is 13.0. The van der Waals surface area contributed by atoms with E-state index in [1.54, 1.807) is 0 Å². The standard InChI is InChI=1S/C46H44N2Si2.C34H22/c1-49(2,3)39-25-21-37(22-26-39)47(35-13-9-7-10-14-35)43-31-19-33-18-30-42-44(32-20-34-17-29-41(43)45(33)46(34)42)48(36-15-11-8-12-16-36)38-23-27-40(28-24-38)50(4,5)6;1-3-15-25-23(11-1)13-9-21-27(25)33-29-17-5-7-19-31(29)34(32-20-8-6-18-30(32)33)28-22-10-14-24-12-2-4-16-26(24)28/h7-32H,1-6H3;1-22H. The maximum absolute atomic E-state index is 2.43. The van der Waals surface area contributed by atoms with Crippen molar-refractivity contribution in [3.63, 3.8) is 0 Å². The second-order valence-electron chi connectivity index (χ2n) is 24.4. The normalized spacial score (nSPS) is 11.9. The van der Waals surface area contributed by atoms with Crippen LogP contribution in [0.25, 0.3) is 97.7 Å². The molecule has 15 rings (SSSR count). The van der Waals surface area contributed by atoms with Crippen molar-refractivity contribution in [2.45, 2.75) is 39.3 Å². The highest BCUT2D eigenvalue weighted by molar-refractivity contribution is 6.89. The summed E-state index contributed by atoms with van der Waals surface area (Å²) < 4.78 is 0. The van der Waals surface area contributed by atoms with Gasteiger partial charge in [0.2, 0.25) is 0 Å². The summed E-state index contributed by atoms with van der Waals surface area (Å²) in [6, 6.07) is 107. The molecule has 15 aromatic carbocycles. The van der Waals surface area contributed by atoms with Crippen molar-refractivity contribution in [3.05, 3.63) is 291 Å². The zero-order chi connectivity index (χ0) is 57.1. The van der Waals surface area contributed by atoms with Gasteiger partial charge in [0.15, 0.2) is 0 Å². The molecule has 0 heterocycles. The predicted octanol–water partition coefficient (Wildman–Crippen LogP) is 22.2. The highest BCUT2D eigenvalue weighted by Gasteiger charge is 2.25. The molecule has 4 heteroatoms. The van der Waals surface area contributed by atoms with E-state index >= 15 is 0 Å². The summed E-state index contributed by atoms with van der Waals surface area (Å²) in [5, 5.41) is 20.9. The first kappa shape index (κ1) is 52.5. The fourth-order valence-corrected chi connectivity index (χ4v) is 15.3. The summed E-state index contributed by atoms with van der Waals surface area (Å²) in [6.07, 6.45) is 0. The minimum absolute atomic E-state index is 1.15. The highest BCUT2D eigenvalue weighted by atomic mass is 28.3. The largest absolute Gasteiger partial charge is 0.310 e. The number of nitrogens with zero attached hydrogens (tertiary/aromatic N) is 2. The van der Waals surface area contributed by atoms with Gasteiger partial charge < -0.3 is 9.80 Å². The van der Waals surface area contributed by atoms with E-state index in [4.69, 9.17) is 0 Å². The van der Waals surface area contributed by atoms with Crippen molar-refractivity contribution in [1.82, 2.24) is 0 Å². The SMILES string of the molecule is C[Si](C)(C)c1ccc(N(c2ccccc2)c2ccc3ccc4c(N(c5ccccc5)c5ccc([Si](C)(C)C)cc5)ccc5ccc2c3c54)cc1.c1ccc2c(-c3c4ccccc4c(-c4cccc5ccccc45)c4ccccc34)cccc2c1. The molecule has 0 saturated heterocycles. The number of benzene rings is 15. The van der Waals surface area contributed by atoms with Crippen LogP contribution in [0.4, 0.5) is 34.1 Å². The van der Waals surface area contributed by atoms with E-state index in [0.29, 0.717) is 0 Å². The summed E-state index contributed by atoms with van der Waals surface area (Å²) in [4.78, 5) is 4.86. The molecule has 2 nitrogen and oxygen atoms in total. The monoisotopic (exact) mass is 1110 g/mol. The first-order valence-corrected chi connectivity index (χ1v) is 36.5. The third-order valence-corrected chi connectivity index (χ3v) is 21.3. The van der Waals surface area contributed by atoms with Gasteiger partial charge >= 0.3 is 0 Å². The lowest BCUT2D eigenvalue weighted by Gasteiger charge is -2.30. The summed E-state index contributed by atoms with van der Waals surface area (Å²) >= 11 is 0. The van der Waals surface area contributed by atoms with Gasteiger partial charge in [0, 0.05) is 33.5 Å². The third-order valence-electron chi connectivity index (χ3n) is 17.2. The Morgan fingerprint density at radius 2 is 0.512 bits per heavy atom. The van der Waals surface area contributed by atoms with Crippen molar-refractivity contribution in [2.24, 2.45) is 0 Å². The second-order valence-corrected chi connectivity index (χ2v) is 34.6. The average Bonchev–Trinajstić information content (AvgIpc) is 1.24. The van der Waals surface area contributed by atoms with Gasteiger partial charge in [0.1, 0.15) is 0 Å². The van der Waals surface area contributed by atoms with Crippen molar-refractivity contribution >= 4 is 136 Å². The molecule has 0 aliphatic carbocycles. The molecule has 0 aliphatic heterocycles. The molecule has 0 bridgehead atoms. The van der Waals surface area contributed by atoms with Gasteiger partial charge in [-0.05, 0) is 148 Å². The summed E-state index contributed by atoms with van der Waals surface area (Å²) in [6.45, 7) is 14.5. The molecule has 0 spiro atoms. The summed E-state index contributed by atoms with van der Waals surface area (Å²) in [5.74, 6) is 0. The Labute approximate surface area is 495 Å². The Kier molecular flexibility index (Phi) is 13.3. The van der Waals surface area contributed by atoms with E-state index in [0.717, 1.165) is 11.4 Å². The van der Waals surface area contributed by atoms with Gasteiger partial charge in [-0.25, -0.2) is 0 Å². The van der Waals surface area contributed by atoms with Gasteiger partial charge in [-0.3, -0.25) is 0 Å². The van der Waals surface area contributed by atoms with E-state index < -0.39 is 16.1 Å². The van der Waals surface area contributed by atoms with Crippen molar-refractivity contribution in [3.8, 4) is 22.3 Å². The van der Waals surface area contributed by atoms with E-state index in [1.807, 2.05) is 0 Å². The molecule has 0 radical (unpaired) electrons. The number of para-hydroxylation sites is 2. The van der Waals surface area contributed by atoms with Crippen molar-refractivity contribution in [2.75, 3.05) is 9.80 Å². The molecule has 15 aromatic rings. The first-order valence-electron chi connectivity index (χ1n) is 29.5. The van der Waals surface area contributed by atoms with Crippen LogP contribution in [0.15, 0.2) is 291 Å². The van der Waals surface area contributed by atoms with Crippen molar-refractivity contribution < 1.29 is 0 Å². The zero-order valence-corrected chi connectivity index (χ0v) is 50.6. The Morgan fingerprint density at radius 3 is 0.869 bits per heavy atom. The number of rotatable bonds is 10. The summed E-state index contributed by atoms with van der Waals surface area (Å²) in [5.41, 5.74) is 12.2. The quantitative estimate of drug-likeness (QED) is 0.0765. The van der Waals surface area contributed by atoms with Gasteiger partial charge in [0.25, 0.3) is 0 Å². The Balaban J connectivity index is 0.000000160. The first-order chi connectivity index (χ1) is 41.0. The van der Waals surface area contributed by atoms with E-state index in [2.05, 4.69) is 340 Å². The zero-order valence-electron chi connectivity index (χ0n) is 48.6. The predicted molar refractivity (Wildman–Crippen MR) is 373 cm³/mol. The molecule has 0 aliphatic rings. The number of anilines is 6. The van der Waals surface area contributed by atoms with E-state index in [9.17, 15) is 0 Å². The van der Waals surface area contributed by atoms with Crippen LogP contribution in [0, 0.1) is 0 Å². The Bertz CT molecular complexity index is 4530. The van der Waals surface area contributed by atoms with Gasteiger partial charge in [-0.15, -0.1) is 0 Å². The Morgan fingerprint density at radius 1 is 0.214 bits per heavy atom. The van der Waals surface area contributed by atoms with E-state index in [-0.39, 0.29) is 0 Å². The number of hydrogen-bond donors (Lipinski definition) is 0. The fraction of sp³-hybridized carbons (Fsp3) is 0.0750. The maximum Gasteiger partial charge on any atom is 0.0775 e. The molecule has 0 N–H and O–H groups in total. The van der Waals surface area contributed by atoms with E-state index in [1.165, 1.54) is 131 Å². The van der Waals surface area contributed by atoms with Crippen LogP contribution in [0.2, 0.25) is 39.3 Å². The molecule has 0 unspecified atom stereocenters. The summed E-state index contributed by atoms with van der Waals surface area (Å²) in [7, 11) is -2.87. The van der Waals surface area contributed by atoms with Crippen LogP contribution in [0.1, 0.15) is 0 Å². The average molecular weight is 1110 g/mol. The number of fused-ring (bicyclic) bond motifs is 4. The molecule has 0 amide bonds. The van der Waals surface area contributed by atoms with Crippen LogP contribution in [-0.4, -0.2) is 16.1 Å². The van der Waals surface area contributed by atoms with Gasteiger partial charge in [0.05, 0.1) is 27.5 Å². The lowest BCUT2D eigenvalue weighted by molar-refractivity contribution is 1.30. The molecule has 404 valence electrons. The molecule has 0 saturated carbocycles.